The fraction of sp³-hybridized carbons (Fsp3) is 0.292. The number of nitrogens with one attached hydrogen (secondary N) is 2. The second-order valence-corrected chi connectivity index (χ2v) is 8.24. The van der Waals surface area contributed by atoms with Crippen molar-refractivity contribution in [3.05, 3.63) is 71.9 Å². The number of anilines is 3. The first-order valence-electron chi connectivity index (χ1n) is 10.4. The summed E-state index contributed by atoms with van der Waals surface area (Å²) in [5.74, 6) is 0.913. The minimum atomic E-state index is -0.264. The fourth-order valence-electron chi connectivity index (χ4n) is 3.20. The van der Waals surface area contributed by atoms with Gasteiger partial charge in [0.2, 0.25) is 5.95 Å². The number of hydrogen-bond acceptors (Lipinski definition) is 6. The van der Waals surface area contributed by atoms with Gasteiger partial charge in [-0.15, -0.1) is 11.8 Å². The lowest BCUT2D eigenvalue weighted by Gasteiger charge is -2.23. The third-order valence-electron chi connectivity index (χ3n) is 4.89. The SMILES string of the molecule is COCC(C)Nc1nccc(N(C(=O)NCc2ccccc2C)c2ccc(SC)cc2)n1. The van der Waals surface area contributed by atoms with Gasteiger partial charge in [0.25, 0.3) is 0 Å². The Bertz CT molecular complexity index is 1030. The Morgan fingerprint density at radius 2 is 1.91 bits per heavy atom. The average Bonchev–Trinajstić information content (AvgIpc) is 2.79. The van der Waals surface area contributed by atoms with Gasteiger partial charge in [0.15, 0.2) is 0 Å². The Hall–Kier alpha value is -3.10. The highest BCUT2D eigenvalue weighted by Crippen LogP contribution is 2.27. The number of carbonyl (C=O) groups excluding carboxylic acids is 1. The zero-order valence-electron chi connectivity index (χ0n) is 18.8. The molecule has 1 aromatic heterocycles. The van der Waals surface area contributed by atoms with Gasteiger partial charge in [0.05, 0.1) is 12.3 Å². The van der Waals surface area contributed by atoms with E-state index >= 15 is 0 Å². The molecule has 1 heterocycles. The summed E-state index contributed by atoms with van der Waals surface area (Å²) in [5.41, 5.74) is 2.92. The van der Waals surface area contributed by atoms with Gasteiger partial charge < -0.3 is 15.4 Å². The Morgan fingerprint density at radius 3 is 2.59 bits per heavy atom. The van der Waals surface area contributed by atoms with E-state index in [1.54, 1.807) is 36.0 Å². The number of nitrogens with zero attached hydrogens (tertiary/aromatic N) is 3. The molecule has 2 N–H and O–H groups in total. The van der Waals surface area contributed by atoms with Crippen molar-refractivity contribution < 1.29 is 9.53 Å². The van der Waals surface area contributed by atoms with Crippen LogP contribution in [0.2, 0.25) is 0 Å². The quantitative estimate of drug-likeness (QED) is 0.446. The normalized spacial score (nSPS) is 11.6. The van der Waals surface area contributed by atoms with Crippen LogP contribution in [0.15, 0.2) is 65.7 Å². The Kier molecular flexibility index (Phi) is 8.47. The summed E-state index contributed by atoms with van der Waals surface area (Å²) in [7, 11) is 1.65. The van der Waals surface area contributed by atoms with Crippen LogP contribution in [0, 0.1) is 6.92 Å². The molecule has 0 radical (unpaired) electrons. The predicted molar refractivity (Wildman–Crippen MR) is 131 cm³/mol. The van der Waals surface area contributed by atoms with Crippen molar-refractivity contribution in [2.45, 2.75) is 31.3 Å². The molecule has 7 nitrogen and oxygen atoms in total. The van der Waals surface area contributed by atoms with E-state index in [9.17, 15) is 4.79 Å². The molecule has 3 rings (SSSR count). The molecule has 0 aliphatic heterocycles. The van der Waals surface area contributed by atoms with Crippen LogP contribution in [-0.2, 0) is 11.3 Å². The zero-order chi connectivity index (χ0) is 22.9. The molecule has 0 aliphatic carbocycles. The summed E-state index contributed by atoms with van der Waals surface area (Å²) in [6.07, 6.45) is 3.66. The predicted octanol–water partition coefficient (Wildman–Crippen LogP) is 5.00. The van der Waals surface area contributed by atoms with Gasteiger partial charge in [0.1, 0.15) is 5.82 Å². The molecule has 2 aromatic carbocycles. The van der Waals surface area contributed by atoms with Gasteiger partial charge in [-0.05, 0) is 55.5 Å². The fourth-order valence-corrected chi connectivity index (χ4v) is 3.61. The minimum Gasteiger partial charge on any atom is -0.383 e. The van der Waals surface area contributed by atoms with Gasteiger partial charge >= 0.3 is 6.03 Å². The minimum absolute atomic E-state index is 0.0273. The van der Waals surface area contributed by atoms with Gasteiger partial charge in [-0.1, -0.05) is 24.3 Å². The van der Waals surface area contributed by atoms with Crippen LogP contribution in [0.3, 0.4) is 0 Å². The van der Waals surface area contributed by atoms with Gasteiger partial charge in [-0.2, -0.15) is 4.98 Å². The highest BCUT2D eigenvalue weighted by atomic mass is 32.2. The first-order valence-corrected chi connectivity index (χ1v) is 11.6. The Morgan fingerprint density at radius 1 is 1.16 bits per heavy atom. The van der Waals surface area contributed by atoms with Crippen LogP contribution in [0.5, 0.6) is 0 Å². The number of ether oxygens (including phenoxy) is 1. The molecule has 0 spiro atoms. The zero-order valence-corrected chi connectivity index (χ0v) is 19.6. The maximum Gasteiger partial charge on any atom is 0.327 e. The third-order valence-corrected chi connectivity index (χ3v) is 5.63. The van der Waals surface area contributed by atoms with E-state index in [2.05, 4.69) is 20.6 Å². The molecule has 32 heavy (non-hydrogen) atoms. The van der Waals surface area contributed by atoms with Crippen molar-refractivity contribution in [2.75, 3.05) is 30.2 Å². The molecule has 2 amide bonds. The molecule has 0 fully saturated rings. The summed E-state index contributed by atoms with van der Waals surface area (Å²) in [6, 6.07) is 17.3. The average molecular weight is 452 g/mol. The van der Waals surface area contributed by atoms with Crippen molar-refractivity contribution in [3.8, 4) is 0 Å². The second kappa shape index (κ2) is 11.5. The van der Waals surface area contributed by atoms with E-state index in [-0.39, 0.29) is 12.1 Å². The first kappa shape index (κ1) is 23.6. The van der Waals surface area contributed by atoms with E-state index in [1.807, 2.05) is 68.6 Å². The van der Waals surface area contributed by atoms with Crippen molar-refractivity contribution in [2.24, 2.45) is 0 Å². The molecule has 0 saturated carbocycles. The Labute approximate surface area is 193 Å². The number of thioether (sulfide) groups is 1. The van der Waals surface area contributed by atoms with E-state index in [1.165, 1.54) is 0 Å². The van der Waals surface area contributed by atoms with Crippen molar-refractivity contribution in [1.82, 2.24) is 15.3 Å². The third kappa shape index (κ3) is 6.21. The molecule has 8 heteroatoms. The van der Waals surface area contributed by atoms with Crippen molar-refractivity contribution in [1.29, 1.82) is 0 Å². The molecule has 3 aromatic rings. The van der Waals surface area contributed by atoms with Crippen LogP contribution in [0.1, 0.15) is 18.1 Å². The van der Waals surface area contributed by atoms with E-state index in [4.69, 9.17) is 4.74 Å². The van der Waals surface area contributed by atoms with E-state index < -0.39 is 0 Å². The highest BCUT2D eigenvalue weighted by Gasteiger charge is 2.20. The highest BCUT2D eigenvalue weighted by molar-refractivity contribution is 7.98. The number of benzene rings is 2. The van der Waals surface area contributed by atoms with Crippen LogP contribution in [0.25, 0.3) is 0 Å². The largest absolute Gasteiger partial charge is 0.383 e. The molecule has 0 aliphatic rings. The summed E-state index contributed by atoms with van der Waals surface area (Å²) < 4.78 is 5.17. The lowest BCUT2D eigenvalue weighted by molar-refractivity contribution is 0.190. The number of methoxy groups -OCH3 is 1. The van der Waals surface area contributed by atoms with Gasteiger partial charge in [-0.25, -0.2) is 14.7 Å². The maximum atomic E-state index is 13.3. The summed E-state index contributed by atoms with van der Waals surface area (Å²) in [5, 5.41) is 6.23. The lowest BCUT2D eigenvalue weighted by atomic mass is 10.1. The van der Waals surface area contributed by atoms with Crippen LogP contribution < -0.4 is 15.5 Å². The second-order valence-electron chi connectivity index (χ2n) is 7.36. The number of aryl methyl sites for hydroxylation is 1. The van der Waals surface area contributed by atoms with Crippen LogP contribution >= 0.6 is 11.8 Å². The summed E-state index contributed by atoms with van der Waals surface area (Å²) >= 11 is 1.65. The molecular weight excluding hydrogens is 422 g/mol. The van der Waals surface area contributed by atoms with E-state index in [0.29, 0.717) is 24.9 Å². The summed E-state index contributed by atoms with van der Waals surface area (Å²) in [6.45, 7) is 4.95. The lowest BCUT2D eigenvalue weighted by Crippen LogP contribution is -2.37. The van der Waals surface area contributed by atoms with Crippen LogP contribution in [-0.4, -0.2) is 42.0 Å². The van der Waals surface area contributed by atoms with Crippen molar-refractivity contribution in [3.63, 3.8) is 0 Å². The molecule has 0 saturated heterocycles. The first-order chi connectivity index (χ1) is 15.5. The standard InChI is InChI=1S/C24H29N5O2S/c1-17-7-5-6-8-19(17)15-26-24(30)29(20-9-11-21(32-4)12-10-20)22-13-14-25-23(28-22)27-18(2)16-31-3/h5-14,18H,15-16H2,1-4H3,(H,26,30)(H,25,27,28). The topological polar surface area (TPSA) is 79.4 Å². The van der Waals surface area contributed by atoms with Gasteiger partial charge in [-0.3, -0.25) is 0 Å². The molecule has 0 bridgehead atoms. The van der Waals surface area contributed by atoms with Crippen molar-refractivity contribution >= 4 is 35.2 Å². The molecule has 1 atom stereocenters. The molecule has 1 unspecified atom stereocenters. The maximum absolute atomic E-state index is 13.3. The number of hydrogen-bond donors (Lipinski definition) is 2. The number of amides is 2. The smallest absolute Gasteiger partial charge is 0.327 e. The molecular formula is C24H29N5O2S. The number of aromatic nitrogens is 2. The van der Waals surface area contributed by atoms with Crippen LogP contribution in [0.4, 0.5) is 22.2 Å². The number of rotatable bonds is 9. The number of urea groups is 1. The Balaban J connectivity index is 1.88. The van der Waals surface area contributed by atoms with E-state index in [0.717, 1.165) is 21.7 Å². The summed E-state index contributed by atoms with van der Waals surface area (Å²) in [4.78, 5) is 24.9. The number of carbonyl (C=O) groups is 1. The molecule has 168 valence electrons. The van der Waals surface area contributed by atoms with Gasteiger partial charge in [0, 0.05) is 36.9 Å². The monoisotopic (exact) mass is 451 g/mol.